The molecular weight excluding hydrogens is 188 g/mol. The van der Waals surface area contributed by atoms with Crippen molar-refractivity contribution in [1.82, 2.24) is 15.3 Å². The Kier molecular flexibility index (Phi) is 2.99. The lowest BCUT2D eigenvalue weighted by Crippen LogP contribution is -2.17. The molecule has 0 aliphatic carbocycles. The molecular formula is C11H16N4. The third-order valence-electron chi connectivity index (χ3n) is 2.58. The average Bonchev–Trinajstić information content (AvgIpc) is 2.72. The van der Waals surface area contributed by atoms with Gasteiger partial charge >= 0.3 is 0 Å². The maximum absolute atomic E-state index is 6.07. The predicted molar refractivity (Wildman–Crippen MR) is 61.6 cm³/mol. The van der Waals surface area contributed by atoms with Crippen LogP contribution in [-0.4, -0.2) is 23.6 Å². The summed E-state index contributed by atoms with van der Waals surface area (Å²) < 4.78 is 0. The standard InChI is InChI=1S/C11H16N4/c1-13-5-4-9(12)8-2-3-10-11(6-8)15-7-14-10/h2-3,6-7,9,13H,4-5,12H2,1H3,(H,14,15). The van der Waals surface area contributed by atoms with Crippen molar-refractivity contribution < 1.29 is 0 Å². The van der Waals surface area contributed by atoms with Crippen molar-refractivity contribution in [2.45, 2.75) is 12.5 Å². The summed E-state index contributed by atoms with van der Waals surface area (Å²) in [4.78, 5) is 7.26. The van der Waals surface area contributed by atoms with Crippen molar-refractivity contribution in [3.63, 3.8) is 0 Å². The lowest BCUT2D eigenvalue weighted by Gasteiger charge is -2.11. The zero-order valence-electron chi connectivity index (χ0n) is 8.83. The zero-order valence-corrected chi connectivity index (χ0v) is 8.83. The van der Waals surface area contributed by atoms with Gasteiger partial charge in [-0.1, -0.05) is 6.07 Å². The second-order valence-corrected chi connectivity index (χ2v) is 3.68. The van der Waals surface area contributed by atoms with Gasteiger partial charge in [0.2, 0.25) is 0 Å². The van der Waals surface area contributed by atoms with Crippen molar-refractivity contribution in [3.05, 3.63) is 30.1 Å². The van der Waals surface area contributed by atoms with E-state index in [1.54, 1.807) is 6.33 Å². The Morgan fingerprint density at radius 1 is 1.53 bits per heavy atom. The SMILES string of the molecule is CNCCC(N)c1ccc2nc[nH]c2c1. The Morgan fingerprint density at radius 3 is 3.20 bits per heavy atom. The fourth-order valence-corrected chi connectivity index (χ4v) is 1.65. The fraction of sp³-hybridized carbons (Fsp3) is 0.364. The molecule has 1 atom stereocenters. The van der Waals surface area contributed by atoms with E-state index in [0.29, 0.717) is 0 Å². The molecule has 1 aromatic carbocycles. The average molecular weight is 204 g/mol. The third kappa shape index (κ3) is 2.16. The van der Waals surface area contributed by atoms with Crippen molar-refractivity contribution >= 4 is 11.0 Å². The van der Waals surface area contributed by atoms with Crippen LogP contribution >= 0.6 is 0 Å². The van der Waals surface area contributed by atoms with Gasteiger partial charge in [-0.3, -0.25) is 0 Å². The summed E-state index contributed by atoms with van der Waals surface area (Å²) in [5.41, 5.74) is 9.26. The van der Waals surface area contributed by atoms with E-state index in [1.807, 2.05) is 19.2 Å². The van der Waals surface area contributed by atoms with E-state index < -0.39 is 0 Å². The fourth-order valence-electron chi connectivity index (χ4n) is 1.65. The van der Waals surface area contributed by atoms with Gasteiger partial charge in [0.15, 0.2) is 0 Å². The molecule has 1 unspecified atom stereocenters. The van der Waals surface area contributed by atoms with E-state index in [4.69, 9.17) is 5.73 Å². The van der Waals surface area contributed by atoms with Crippen LogP contribution in [0.5, 0.6) is 0 Å². The minimum atomic E-state index is 0.0881. The Balaban J connectivity index is 2.19. The number of aromatic nitrogens is 2. The van der Waals surface area contributed by atoms with Gasteiger partial charge in [0, 0.05) is 6.04 Å². The third-order valence-corrected chi connectivity index (χ3v) is 2.58. The van der Waals surface area contributed by atoms with Crippen LogP contribution in [-0.2, 0) is 0 Å². The van der Waals surface area contributed by atoms with E-state index in [0.717, 1.165) is 29.6 Å². The molecule has 4 nitrogen and oxygen atoms in total. The number of nitrogens with zero attached hydrogens (tertiary/aromatic N) is 1. The molecule has 80 valence electrons. The van der Waals surface area contributed by atoms with Gasteiger partial charge < -0.3 is 16.0 Å². The van der Waals surface area contributed by atoms with Crippen LogP contribution in [0.3, 0.4) is 0 Å². The Hall–Kier alpha value is -1.39. The largest absolute Gasteiger partial charge is 0.345 e. The van der Waals surface area contributed by atoms with Crippen LogP contribution in [0.15, 0.2) is 24.5 Å². The quantitative estimate of drug-likeness (QED) is 0.700. The van der Waals surface area contributed by atoms with Gasteiger partial charge in [0.1, 0.15) is 0 Å². The highest BCUT2D eigenvalue weighted by Gasteiger charge is 2.06. The van der Waals surface area contributed by atoms with Crippen LogP contribution in [0.25, 0.3) is 11.0 Å². The van der Waals surface area contributed by atoms with E-state index in [-0.39, 0.29) is 6.04 Å². The number of imidazole rings is 1. The van der Waals surface area contributed by atoms with Crippen LogP contribution in [0, 0.1) is 0 Å². The summed E-state index contributed by atoms with van der Waals surface area (Å²) in [7, 11) is 1.94. The second-order valence-electron chi connectivity index (χ2n) is 3.68. The summed E-state index contributed by atoms with van der Waals surface area (Å²) in [6.07, 6.45) is 2.64. The van der Waals surface area contributed by atoms with Gasteiger partial charge in [-0.05, 0) is 37.7 Å². The molecule has 0 saturated heterocycles. The first kappa shape index (κ1) is 10.1. The molecule has 2 aromatic rings. The van der Waals surface area contributed by atoms with Crippen LogP contribution in [0.1, 0.15) is 18.0 Å². The molecule has 1 aromatic heterocycles. The summed E-state index contributed by atoms with van der Waals surface area (Å²) in [6.45, 7) is 0.933. The summed E-state index contributed by atoms with van der Waals surface area (Å²) in [5, 5.41) is 3.10. The van der Waals surface area contributed by atoms with Gasteiger partial charge in [-0.25, -0.2) is 4.98 Å². The maximum atomic E-state index is 6.07. The van der Waals surface area contributed by atoms with Crippen molar-refractivity contribution in [2.24, 2.45) is 5.73 Å². The van der Waals surface area contributed by atoms with E-state index >= 15 is 0 Å². The molecule has 0 saturated carbocycles. The Labute approximate surface area is 88.9 Å². The number of nitrogens with one attached hydrogen (secondary N) is 2. The predicted octanol–water partition coefficient (Wildman–Crippen LogP) is 1.17. The number of benzene rings is 1. The Morgan fingerprint density at radius 2 is 2.40 bits per heavy atom. The number of nitrogens with two attached hydrogens (primary N) is 1. The molecule has 15 heavy (non-hydrogen) atoms. The molecule has 0 amide bonds. The normalized spacial score (nSPS) is 13.2. The summed E-state index contributed by atoms with van der Waals surface area (Å²) in [6, 6.07) is 6.21. The van der Waals surface area contributed by atoms with Crippen LogP contribution in [0.2, 0.25) is 0 Å². The first-order valence-electron chi connectivity index (χ1n) is 5.14. The van der Waals surface area contributed by atoms with Crippen molar-refractivity contribution in [3.8, 4) is 0 Å². The molecule has 0 bridgehead atoms. The minimum absolute atomic E-state index is 0.0881. The van der Waals surface area contributed by atoms with E-state index in [1.165, 1.54) is 0 Å². The number of hydrogen-bond donors (Lipinski definition) is 3. The maximum Gasteiger partial charge on any atom is 0.0931 e. The van der Waals surface area contributed by atoms with Gasteiger partial charge in [0.25, 0.3) is 0 Å². The molecule has 1 heterocycles. The number of fused-ring (bicyclic) bond motifs is 1. The monoisotopic (exact) mass is 204 g/mol. The molecule has 0 spiro atoms. The van der Waals surface area contributed by atoms with Gasteiger partial charge in [-0.15, -0.1) is 0 Å². The summed E-state index contributed by atoms with van der Waals surface area (Å²) >= 11 is 0. The van der Waals surface area contributed by atoms with E-state index in [2.05, 4.69) is 21.4 Å². The topological polar surface area (TPSA) is 66.7 Å². The molecule has 2 rings (SSSR count). The van der Waals surface area contributed by atoms with Crippen molar-refractivity contribution in [1.29, 1.82) is 0 Å². The second kappa shape index (κ2) is 4.42. The molecule has 0 radical (unpaired) electrons. The van der Waals surface area contributed by atoms with Crippen molar-refractivity contribution in [2.75, 3.05) is 13.6 Å². The molecule has 4 N–H and O–H groups in total. The smallest absolute Gasteiger partial charge is 0.0931 e. The number of rotatable bonds is 4. The molecule has 0 aliphatic heterocycles. The highest BCUT2D eigenvalue weighted by molar-refractivity contribution is 5.75. The first-order chi connectivity index (χ1) is 7.31. The highest BCUT2D eigenvalue weighted by atomic mass is 14.9. The number of hydrogen-bond acceptors (Lipinski definition) is 3. The lowest BCUT2D eigenvalue weighted by atomic mass is 10.0. The summed E-state index contributed by atoms with van der Waals surface area (Å²) in [5.74, 6) is 0. The van der Waals surface area contributed by atoms with Gasteiger partial charge in [0.05, 0.1) is 17.4 Å². The van der Waals surface area contributed by atoms with Crippen LogP contribution in [0.4, 0.5) is 0 Å². The minimum Gasteiger partial charge on any atom is -0.345 e. The first-order valence-corrected chi connectivity index (χ1v) is 5.14. The molecule has 0 aliphatic rings. The number of aromatic amines is 1. The molecule has 4 heteroatoms. The highest BCUT2D eigenvalue weighted by Crippen LogP contribution is 2.18. The molecule has 0 fully saturated rings. The van der Waals surface area contributed by atoms with Gasteiger partial charge in [-0.2, -0.15) is 0 Å². The Bertz CT molecular complexity index is 435. The van der Waals surface area contributed by atoms with E-state index in [9.17, 15) is 0 Å². The zero-order chi connectivity index (χ0) is 10.7. The lowest BCUT2D eigenvalue weighted by molar-refractivity contribution is 0.616. The number of H-pyrrole nitrogens is 1. The van der Waals surface area contributed by atoms with Crippen LogP contribution < -0.4 is 11.1 Å².